The second-order valence-electron chi connectivity index (χ2n) is 8.48. The first kappa shape index (κ1) is 24.5. The Morgan fingerprint density at radius 2 is 1.76 bits per heavy atom. The standard InChI is InChI=1S/C25H25ClN2O4S/c1-14(27-28-23(30)16-8-11-18(20(26)12-16)24(31)32-5)19-13-33-22(21(19)29)15-6-9-17(10-7-15)25(2,3)4/h6-13,29H,1-5H3,(H,28,30)/b27-14+. The molecule has 33 heavy (non-hydrogen) atoms. The molecule has 1 heterocycles. The molecular formula is C25H25ClN2O4S. The summed E-state index contributed by atoms with van der Waals surface area (Å²) in [6.07, 6.45) is 0. The number of aromatic hydroxyl groups is 1. The van der Waals surface area contributed by atoms with E-state index in [1.54, 1.807) is 12.3 Å². The highest BCUT2D eigenvalue weighted by Gasteiger charge is 2.18. The summed E-state index contributed by atoms with van der Waals surface area (Å²) in [5, 5.41) is 16.8. The normalized spacial score (nSPS) is 11.9. The number of benzene rings is 2. The number of carbonyl (C=O) groups is 2. The van der Waals surface area contributed by atoms with Crippen molar-refractivity contribution in [2.45, 2.75) is 33.1 Å². The lowest BCUT2D eigenvalue weighted by Gasteiger charge is -2.19. The molecule has 3 rings (SSSR count). The number of carbonyl (C=O) groups excluding carboxylic acids is 2. The predicted molar refractivity (Wildman–Crippen MR) is 133 cm³/mol. The number of nitrogens with one attached hydrogen (secondary N) is 1. The smallest absolute Gasteiger partial charge is 0.339 e. The quantitative estimate of drug-likeness (QED) is 0.263. The van der Waals surface area contributed by atoms with Crippen LogP contribution in [-0.4, -0.2) is 29.8 Å². The minimum Gasteiger partial charge on any atom is -0.506 e. The molecule has 8 heteroatoms. The zero-order chi connectivity index (χ0) is 24.3. The van der Waals surface area contributed by atoms with Crippen LogP contribution in [0.3, 0.4) is 0 Å². The van der Waals surface area contributed by atoms with Crippen LogP contribution in [0, 0.1) is 0 Å². The Morgan fingerprint density at radius 3 is 2.33 bits per heavy atom. The summed E-state index contributed by atoms with van der Waals surface area (Å²) >= 11 is 7.48. The Kier molecular flexibility index (Phi) is 7.25. The van der Waals surface area contributed by atoms with Crippen LogP contribution in [0.25, 0.3) is 10.4 Å². The Hall–Kier alpha value is -3.16. The van der Waals surface area contributed by atoms with Crippen molar-refractivity contribution in [2.24, 2.45) is 5.10 Å². The molecule has 1 aromatic heterocycles. The van der Waals surface area contributed by atoms with E-state index in [0.29, 0.717) is 11.3 Å². The first-order valence-corrected chi connectivity index (χ1v) is 11.4. The number of rotatable bonds is 5. The largest absolute Gasteiger partial charge is 0.506 e. The van der Waals surface area contributed by atoms with Crippen LogP contribution in [0.4, 0.5) is 0 Å². The molecule has 0 unspecified atom stereocenters. The Labute approximate surface area is 201 Å². The van der Waals surface area contributed by atoms with Gasteiger partial charge < -0.3 is 9.84 Å². The molecule has 0 aliphatic carbocycles. The average Bonchev–Trinajstić information content (AvgIpc) is 3.17. The van der Waals surface area contributed by atoms with Gasteiger partial charge in [-0.05, 0) is 41.7 Å². The topological polar surface area (TPSA) is 88.0 Å². The van der Waals surface area contributed by atoms with Crippen molar-refractivity contribution in [3.63, 3.8) is 0 Å². The zero-order valence-corrected chi connectivity index (χ0v) is 20.6. The summed E-state index contributed by atoms with van der Waals surface area (Å²) in [7, 11) is 1.25. The minimum absolute atomic E-state index is 0.0481. The van der Waals surface area contributed by atoms with E-state index in [2.05, 4.69) is 48.2 Å². The maximum Gasteiger partial charge on any atom is 0.339 e. The van der Waals surface area contributed by atoms with Crippen LogP contribution in [-0.2, 0) is 10.2 Å². The van der Waals surface area contributed by atoms with Crippen molar-refractivity contribution in [1.82, 2.24) is 5.43 Å². The molecule has 0 saturated heterocycles. The highest BCUT2D eigenvalue weighted by molar-refractivity contribution is 7.14. The molecule has 0 saturated carbocycles. The summed E-state index contributed by atoms with van der Waals surface area (Å²) in [5.74, 6) is -0.970. The van der Waals surface area contributed by atoms with Crippen LogP contribution in [0.5, 0.6) is 5.75 Å². The number of thiophene rings is 1. The second kappa shape index (κ2) is 9.77. The van der Waals surface area contributed by atoms with Gasteiger partial charge in [0.05, 0.1) is 33.8 Å². The fraction of sp³-hybridized carbons (Fsp3) is 0.240. The fourth-order valence-electron chi connectivity index (χ4n) is 3.13. The third-order valence-corrected chi connectivity index (χ3v) is 6.46. The molecule has 2 N–H and O–H groups in total. The highest BCUT2D eigenvalue weighted by atomic mass is 35.5. The van der Waals surface area contributed by atoms with E-state index in [1.807, 2.05) is 12.1 Å². The third kappa shape index (κ3) is 5.43. The monoisotopic (exact) mass is 484 g/mol. The Morgan fingerprint density at radius 1 is 1.09 bits per heavy atom. The molecular weight excluding hydrogens is 460 g/mol. The average molecular weight is 485 g/mol. The number of esters is 1. The lowest BCUT2D eigenvalue weighted by Crippen LogP contribution is -2.19. The number of nitrogens with zero attached hydrogens (tertiary/aromatic N) is 1. The van der Waals surface area contributed by atoms with E-state index in [4.69, 9.17) is 11.6 Å². The lowest BCUT2D eigenvalue weighted by molar-refractivity contribution is 0.0600. The van der Waals surface area contributed by atoms with Crippen LogP contribution >= 0.6 is 22.9 Å². The first-order chi connectivity index (χ1) is 15.5. The van der Waals surface area contributed by atoms with Crippen LogP contribution in [0.15, 0.2) is 52.9 Å². The molecule has 0 bridgehead atoms. The van der Waals surface area contributed by atoms with Gasteiger partial charge in [0.15, 0.2) is 0 Å². The van der Waals surface area contributed by atoms with Gasteiger partial charge >= 0.3 is 5.97 Å². The van der Waals surface area contributed by atoms with Gasteiger partial charge in [0, 0.05) is 10.9 Å². The Bertz CT molecular complexity index is 1220. The third-order valence-electron chi connectivity index (χ3n) is 5.13. The molecule has 0 aliphatic rings. The van der Waals surface area contributed by atoms with Crippen molar-refractivity contribution in [3.05, 3.63) is 75.1 Å². The second-order valence-corrected chi connectivity index (χ2v) is 9.77. The van der Waals surface area contributed by atoms with E-state index in [1.165, 1.54) is 42.2 Å². The summed E-state index contributed by atoms with van der Waals surface area (Å²) in [5.41, 5.74) is 6.02. The summed E-state index contributed by atoms with van der Waals surface area (Å²) < 4.78 is 4.64. The molecule has 0 aliphatic heterocycles. The molecule has 0 fully saturated rings. The van der Waals surface area contributed by atoms with Crippen LogP contribution in [0.2, 0.25) is 5.02 Å². The molecule has 0 spiro atoms. The van der Waals surface area contributed by atoms with E-state index >= 15 is 0 Å². The van der Waals surface area contributed by atoms with Crippen molar-refractivity contribution in [2.75, 3.05) is 7.11 Å². The van der Waals surface area contributed by atoms with Crippen molar-refractivity contribution in [3.8, 4) is 16.2 Å². The van der Waals surface area contributed by atoms with Crippen LogP contribution < -0.4 is 5.43 Å². The van der Waals surface area contributed by atoms with E-state index in [0.717, 1.165) is 10.4 Å². The van der Waals surface area contributed by atoms with Gasteiger partial charge in [-0.1, -0.05) is 56.6 Å². The van der Waals surface area contributed by atoms with Crippen molar-refractivity contribution < 1.29 is 19.4 Å². The van der Waals surface area contributed by atoms with Gasteiger partial charge in [-0.2, -0.15) is 5.10 Å². The summed E-state index contributed by atoms with van der Waals surface area (Å²) in [6, 6.07) is 12.4. The number of amides is 1. The fourth-order valence-corrected chi connectivity index (χ4v) is 4.40. The maximum absolute atomic E-state index is 12.5. The lowest BCUT2D eigenvalue weighted by atomic mass is 9.86. The Balaban J connectivity index is 1.77. The van der Waals surface area contributed by atoms with Gasteiger partial charge in [-0.3, -0.25) is 4.79 Å². The van der Waals surface area contributed by atoms with E-state index in [-0.39, 0.29) is 27.3 Å². The highest BCUT2D eigenvalue weighted by Crippen LogP contribution is 2.39. The van der Waals surface area contributed by atoms with Gasteiger partial charge in [-0.25, -0.2) is 10.2 Å². The van der Waals surface area contributed by atoms with Gasteiger partial charge in [0.1, 0.15) is 5.75 Å². The first-order valence-electron chi connectivity index (χ1n) is 10.2. The zero-order valence-electron chi connectivity index (χ0n) is 19.0. The van der Waals surface area contributed by atoms with E-state index < -0.39 is 11.9 Å². The van der Waals surface area contributed by atoms with Crippen molar-refractivity contribution in [1.29, 1.82) is 0 Å². The number of hydrogen-bond donors (Lipinski definition) is 2. The molecule has 172 valence electrons. The van der Waals surface area contributed by atoms with E-state index in [9.17, 15) is 14.7 Å². The minimum atomic E-state index is -0.586. The predicted octanol–water partition coefficient (Wildman–Crippen LogP) is 6.01. The molecule has 0 radical (unpaired) electrons. The number of methoxy groups -OCH3 is 1. The van der Waals surface area contributed by atoms with Gasteiger partial charge in [0.2, 0.25) is 0 Å². The molecule has 2 aromatic carbocycles. The van der Waals surface area contributed by atoms with Crippen molar-refractivity contribution >= 4 is 40.5 Å². The maximum atomic E-state index is 12.5. The number of hydrogen-bond acceptors (Lipinski definition) is 6. The molecule has 0 atom stereocenters. The molecule has 6 nitrogen and oxygen atoms in total. The summed E-state index contributed by atoms with van der Waals surface area (Å²) in [4.78, 5) is 24.8. The number of hydrazone groups is 1. The van der Waals surface area contributed by atoms with Gasteiger partial charge in [0.25, 0.3) is 5.91 Å². The SMILES string of the molecule is COC(=O)c1ccc(C(=O)N/N=C(\C)c2csc(-c3ccc(C(C)(C)C)cc3)c2O)cc1Cl. The van der Waals surface area contributed by atoms with Gasteiger partial charge in [-0.15, -0.1) is 11.3 Å². The number of ether oxygens (including phenoxy) is 1. The molecule has 1 amide bonds. The number of halogens is 1. The van der Waals surface area contributed by atoms with Crippen LogP contribution in [0.1, 0.15) is 59.5 Å². The molecule has 3 aromatic rings. The summed E-state index contributed by atoms with van der Waals surface area (Å²) in [6.45, 7) is 8.15.